The summed E-state index contributed by atoms with van der Waals surface area (Å²) >= 11 is 0. The molecule has 21 heavy (non-hydrogen) atoms. The van der Waals surface area contributed by atoms with Crippen LogP contribution < -0.4 is 0 Å². The zero-order valence-corrected chi connectivity index (χ0v) is 14.1. The summed E-state index contributed by atoms with van der Waals surface area (Å²) in [6, 6.07) is 0.703. The number of rotatable bonds is 4. The number of hydrogen-bond acceptors (Lipinski definition) is 2. The van der Waals surface area contributed by atoms with E-state index in [4.69, 9.17) is 0 Å². The first-order valence-corrected chi connectivity index (χ1v) is 8.92. The van der Waals surface area contributed by atoms with E-state index in [9.17, 15) is 9.90 Å². The first kappa shape index (κ1) is 16.8. The smallest absolute Gasteiger partial charge is 0.309 e. The van der Waals surface area contributed by atoms with Crippen molar-refractivity contribution in [2.24, 2.45) is 17.3 Å². The third-order valence-corrected chi connectivity index (χ3v) is 6.18. The van der Waals surface area contributed by atoms with Gasteiger partial charge in [-0.15, -0.1) is 0 Å². The Labute approximate surface area is 130 Å². The summed E-state index contributed by atoms with van der Waals surface area (Å²) in [5, 5.41) is 9.48. The van der Waals surface area contributed by atoms with Crippen molar-refractivity contribution in [2.75, 3.05) is 13.1 Å². The average Bonchev–Trinajstić information content (AvgIpc) is 2.72. The van der Waals surface area contributed by atoms with E-state index >= 15 is 0 Å². The number of piperidine rings is 1. The van der Waals surface area contributed by atoms with Crippen molar-refractivity contribution in [1.82, 2.24) is 4.90 Å². The Morgan fingerprint density at radius 1 is 1.14 bits per heavy atom. The summed E-state index contributed by atoms with van der Waals surface area (Å²) in [5.41, 5.74) is -0.588. The molecule has 0 radical (unpaired) electrons. The van der Waals surface area contributed by atoms with Gasteiger partial charge < -0.3 is 10.0 Å². The van der Waals surface area contributed by atoms with E-state index in [0.29, 0.717) is 12.0 Å². The van der Waals surface area contributed by atoms with E-state index in [0.717, 1.165) is 25.3 Å². The minimum absolute atomic E-state index is 0.300. The number of aliphatic carboxylic acids is 1. The van der Waals surface area contributed by atoms with Gasteiger partial charge in [0.05, 0.1) is 5.41 Å². The van der Waals surface area contributed by atoms with Crippen LogP contribution in [0.3, 0.4) is 0 Å². The van der Waals surface area contributed by atoms with Crippen LogP contribution >= 0.6 is 0 Å². The molecule has 0 aromatic heterocycles. The molecule has 2 fully saturated rings. The molecule has 3 atom stereocenters. The van der Waals surface area contributed by atoms with Crippen LogP contribution in [0.25, 0.3) is 0 Å². The van der Waals surface area contributed by atoms with Crippen molar-refractivity contribution < 1.29 is 9.90 Å². The highest BCUT2D eigenvalue weighted by Crippen LogP contribution is 2.37. The third kappa shape index (κ3) is 4.00. The fourth-order valence-electron chi connectivity index (χ4n) is 4.23. The normalized spacial score (nSPS) is 32.6. The standard InChI is InChI=1S/C18H33NO2/c1-4-14-7-5-9-16(11-10-14)19-12-6-8-15(13-19)18(2,3)17(20)21/h14-16H,4-13H2,1-3H3,(H,20,21). The van der Waals surface area contributed by atoms with E-state index in [1.807, 2.05) is 13.8 Å². The van der Waals surface area contributed by atoms with Gasteiger partial charge in [-0.05, 0) is 64.3 Å². The van der Waals surface area contributed by atoms with Crippen LogP contribution in [0, 0.1) is 17.3 Å². The second-order valence-electron chi connectivity index (χ2n) is 7.80. The maximum atomic E-state index is 11.5. The minimum atomic E-state index is -0.638. The molecule has 2 aliphatic rings. The van der Waals surface area contributed by atoms with Gasteiger partial charge in [0, 0.05) is 12.6 Å². The fraction of sp³-hybridized carbons (Fsp3) is 0.944. The highest BCUT2D eigenvalue weighted by atomic mass is 16.4. The van der Waals surface area contributed by atoms with Crippen LogP contribution in [-0.2, 0) is 4.79 Å². The summed E-state index contributed by atoms with van der Waals surface area (Å²) in [6.45, 7) is 8.29. The first-order valence-electron chi connectivity index (χ1n) is 8.92. The molecule has 3 unspecified atom stereocenters. The van der Waals surface area contributed by atoms with Crippen molar-refractivity contribution in [3.63, 3.8) is 0 Å². The van der Waals surface area contributed by atoms with E-state index in [1.54, 1.807) is 0 Å². The molecule has 1 saturated heterocycles. The van der Waals surface area contributed by atoms with Crippen molar-refractivity contribution >= 4 is 5.97 Å². The molecule has 1 N–H and O–H groups in total. The summed E-state index contributed by atoms with van der Waals surface area (Å²) in [5.74, 6) is 0.585. The molecule has 1 heterocycles. The van der Waals surface area contributed by atoms with E-state index < -0.39 is 11.4 Å². The van der Waals surface area contributed by atoms with Crippen LogP contribution in [0.4, 0.5) is 0 Å². The molecule has 0 bridgehead atoms. The molecule has 2 rings (SSSR count). The summed E-state index contributed by atoms with van der Waals surface area (Å²) in [6.07, 6.45) is 10.3. The monoisotopic (exact) mass is 295 g/mol. The van der Waals surface area contributed by atoms with E-state index in [1.165, 1.54) is 45.1 Å². The van der Waals surface area contributed by atoms with Crippen LogP contribution in [0.15, 0.2) is 0 Å². The molecule has 3 heteroatoms. The van der Waals surface area contributed by atoms with Gasteiger partial charge in [-0.25, -0.2) is 0 Å². The van der Waals surface area contributed by atoms with Gasteiger partial charge >= 0.3 is 5.97 Å². The van der Waals surface area contributed by atoms with Gasteiger partial charge in [-0.1, -0.05) is 26.2 Å². The van der Waals surface area contributed by atoms with Crippen LogP contribution in [0.5, 0.6) is 0 Å². The summed E-state index contributed by atoms with van der Waals surface area (Å²) < 4.78 is 0. The molecule has 1 aliphatic heterocycles. The second-order valence-corrected chi connectivity index (χ2v) is 7.80. The van der Waals surface area contributed by atoms with Gasteiger partial charge in [0.15, 0.2) is 0 Å². The fourth-order valence-corrected chi connectivity index (χ4v) is 4.23. The third-order valence-electron chi connectivity index (χ3n) is 6.18. The number of likely N-dealkylation sites (tertiary alicyclic amines) is 1. The van der Waals surface area contributed by atoms with Crippen molar-refractivity contribution in [3.8, 4) is 0 Å². The quantitative estimate of drug-likeness (QED) is 0.791. The maximum Gasteiger partial charge on any atom is 0.309 e. The summed E-state index contributed by atoms with van der Waals surface area (Å²) in [4.78, 5) is 14.1. The molecular formula is C18H33NO2. The van der Waals surface area contributed by atoms with Gasteiger partial charge in [-0.3, -0.25) is 4.79 Å². The van der Waals surface area contributed by atoms with Gasteiger partial charge in [0.1, 0.15) is 0 Å². The number of carbonyl (C=O) groups is 1. The maximum absolute atomic E-state index is 11.5. The zero-order valence-electron chi connectivity index (χ0n) is 14.1. The van der Waals surface area contributed by atoms with Crippen LogP contribution in [0.1, 0.15) is 72.1 Å². The molecular weight excluding hydrogens is 262 g/mol. The lowest BCUT2D eigenvalue weighted by Gasteiger charge is -2.42. The average molecular weight is 295 g/mol. The van der Waals surface area contributed by atoms with Crippen molar-refractivity contribution in [3.05, 3.63) is 0 Å². The van der Waals surface area contributed by atoms with E-state index in [2.05, 4.69) is 11.8 Å². The molecule has 0 aromatic carbocycles. The highest BCUT2D eigenvalue weighted by Gasteiger charge is 2.40. The highest BCUT2D eigenvalue weighted by molar-refractivity contribution is 5.74. The molecule has 1 aliphatic carbocycles. The van der Waals surface area contributed by atoms with Gasteiger partial charge in [0.2, 0.25) is 0 Å². The lowest BCUT2D eigenvalue weighted by molar-refractivity contribution is -0.151. The number of hydrogen-bond donors (Lipinski definition) is 1. The molecule has 3 nitrogen and oxygen atoms in total. The topological polar surface area (TPSA) is 40.5 Å². The predicted molar refractivity (Wildman–Crippen MR) is 86.4 cm³/mol. The molecule has 122 valence electrons. The Balaban J connectivity index is 1.96. The molecule has 0 spiro atoms. The largest absolute Gasteiger partial charge is 0.481 e. The molecule has 0 amide bonds. The van der Waals surface area contributed by atoms with E-state index in [-0.39, 0.29) is 0 Å². The molecule has 1 saturated carbocycles. The lowest BCUT2D eigenvalue weighted by Crippen LogP contribution is -2.48. The van der Waals surface area contributed by atoms with Crippen LogP contribution in [-0.4, -0.2) is 35.1 Å². The second kappa shape index (κ2) is 7.13. The lowest BCUT2D eigenvalue weighted by atomic mass is 9.74. The number of nitrogens with zero attached hydrogens (tertiary/aromatic N) is 1. The van der Waals surface area contributed by atoms with Crippen LogP contribution in [0.2, 0.25) is 0 Å². The summed E-state index contributed by atoms with van der Waals surface area (Å²) in [7, 11) is 0. The minimum Gasteiger partial charge on any atom is -0.481 e. The SMILES string of the molecule is CCC1CCCC(N2CCCC(C(C)(C)C(=O)O)C2)CC1. The Bertz CT molecular complexity index is 353. The predicted octanol–water partition coefficient (Wildman–Crippen LogP) is 4.17. The number of carboxylic acid groups (broad SMARTS) is 1. The van der Waals surface area contributed by atoms with Gasteiger partial charge in [-0.2, -0.15) is 0 Å². The zero-order chi connectivity index (χ0) is 15.5. The Morgan fingerprint density at radius 3 is 2.57 bits per heavy atom. The van der Waals surface area contributed by atoms with Gasteiger partial charge in [0.25, 0.3) is 0 Å². The van der Waals surface area contributed by atoms with Crippen molar-refractivity contribution in [1.29, 1.82) is 0 Å². The number of carboxylic acids is 1. The Morgan fingerprint density at radius 2 is 1.90 bits per heavy atom. The Kier molecular flexibility index (Phi) is 5.70. The molecule has 0 aromatic rings. The van der Waals surface area contributed by atoms with Crippen molar-refractivity contribution in [2.45, 2.75) is 78.2 Å². The first-order chi connectivity index (χ1) is 9.95. The Hall–Kier alpha value is -0.570.